The van der Waals surface area contributed by atoms with Crippen molar-refractivity contribution in [2.24, 2.45) is 0 Å². The molecule has 1 aliphatic heterocycles. The molecular formula is C18H17N5O2. The van der Waals surface area contributed by atoms with Gasteiger partial charge in [-0.1, -0.05) is 23.4 Å². The third kappa shape index (κ3) is 3.08. The Balaban J connectivity index is 1.55. The summed E-state index contributed by atoms with van der Waals surface area (Å²) in [6.45, 7) is 2.35. The van der Waals surface area contributed by atoms with Gasteiger partial charge in [-0.05, 0) is 31.2 Å². The van der Waals surface area contributed by atoms with Crippen molar-refractivity contribution in [1.82, 2.24) is 15.1 Å². The van der Waals surface area contributed by atoms with E-state index < -0.39 is 0 Å². The molecule has 1 amide bonds. The molecule has 0 spiro atoms. The number of amides is 1. The van der Waals surface area contributed by atoms with Crippen LogP contribution >= 0.6 is 0 Å². The highest BCUT2D eigenvalue weighted by molar-refractivity contribution is 5.96. The van der Waals surface area contributed by atoms with Gasteiger partial charge in [-0.15, -0.1) is 0 Å². The smallest absolute Gasteiger partial charge is 0.261 e. The molecule has 1 aliphatic rings. The molecule has 0 bridgehead atoms. The average Bonchev–Trinajstić information content (AvgIpc) is 3.22. The molecule has 3 aromatic rings. The van der Waals surface area contributed by atoms with Gasteiger partial charge in [-0.3, -0.25) is 4.79 Å². The summed E-state index contributed by atoms with van der Waals surface area (Å²) in [4.78, 5) is 22.8. The maximum atomic E-state index is 12.4. The quantitative estimate of drug-likeness (QED) is 0.789. The van der Waals surface area contributed by atoms with Gasteiger partial charge >= 0.3 is 0 Å². The van der Waals surface area contributed by atoms with Crippen LogP contribution in [-0.4, -0.2) is 33.6 Å². The molecule has 1 atom stereocenters. The summed E-state index contributed by atoms with van der Waals surface area (Å²) in [6, 6.07) is 13.3. The highest BCUT2D eigenvalue weighted by Crippen LogP contribution is 2.28. The molecule has 0 radical (unpaired) electrons. The predicted molar refractivity (Wildman–Crippen MR) is 93.1 cm³/mol. The Morgan fingerprint density at radius 2 is 2.04 bits per heavy atom. The number of para-hydroxylation sites is 1. The van der Waals surface area contributed by atoms with Crippen molar-refractivity contribution in [3.63, 3.8) is 0 Å². The fourth-order valence-electron chi connectivity index (χ4n) is 2.95. The number of aryl methyl sites for hydroxylation is 1. The number of benzene rings is 1. The summed E-state index contributed by atoms with van der Waals surface area (Å²) in [5, 5.41) is 7.17. The van der Waals surface area contributed by atoms with Crippen molar-refractivity contribution in [1.29, 1.82) is 0 Å². The van der Waals surface area contributed by atoms with Crippen LogP contribution in [0.1, 0.15) is 12.2 Å². The van der Waals surface area contributed by atoms with Gasteiger partial charge in [0.2, 0.25) is 5.91 Å². The van der Waals surface area contributed by atoms with E-state index in [2.05, 4.69) is 20.4 Å². The Hall–Kier alpha value is -3.22. The lowest BCUT2D eigenvalue weighted by Crippen LogP contribution is -2.27. The summed E-state index contributed by atoms with van der Waals surface area (Å²) >= 11 is 0. The molecule has 2 aromatic heterocycles. The van der Waals surface area contributed by atoms with Gasteiger partial charge in [-0.2, -0.15) is 4.98 Å². The van der Waals surface area contributed by atoms with Gasteiger partial charge in [0.1, 0.15) is 5.82 Å². The largest absolute Gasteiger partial charge is 0.364 e. The Morgan fingerprint density at radius 3 is 2.80 bits per heavy atom. The lowest BCUT2D eigenvalue weighted by Gasteiger charge is -2.18. The van der Waals surface area contributed by atoms with E-state index in [9.17, 15) is 4.79 Å². The van der Waals surface area contributed by atoms with Crippen molar-refractivity contribution in [3.8, 4) is 11.5 Å². The zero-order chi connectivity index (χ0) is 17.2. The monoisotopic (exact) mass is 335 g/mol. The summed E-state index contributed by atoms with van der Waals surface area (Å²) in [5.74, 6) is 1.71. The summed E-state index contributed by atoms with van der Waals surface area (Å²) < 4.78 is 5.25. The molecule has 1 N–H and O–H groups in total. The number of nitrogens with zero attached hydrogens (tertiary/aromatic N) is 4. The topological polar surface area (TPSA) is 84.2 Å². The van der Waals surface area contributed by atoms with E-state index in [1.165, 1.54) is 0 Å². The van der Waals surface area contributed by atoms with E-state index in [0.29, 0.717) is 30.5 Å². The van der Waals surface area contributed by atoms with Crippen LogP contribution in [0.4, 0.5) is 11.5 Å². The van der Waals surface area contributed by atoms with E-state index in [-0.39, 0.29) is 11.9 Å². The normalized spacial score (nSPS) is 17.1. The molecule has 0 aliphatic carbocycles. The maximum Gasteiger partial charge on any atom is 0.261 e. The zero-order valence-corrected chi connectivity index (χ0v) is 13.7. The first kappa shape index (κ1) is 15.3. The molecular weight excluding hydrogens is 318 g/mol. The molecule has 126 valence electrons. The summed E-state index contributed by atoms with van der Waals surface area (Å²) in [5.41, 5.74) is 1.64. The minimum absolute atomic E-state index is 0.0367. The van der Waals surface area contributed by atoms with Crippen molar-refractivity contribution in [3.05, 3.63) is 54.5 Å². The van der Waals surface area contributed by atoms with Gasteiger partial charge in [0.25, 0.3) is 5.89 Å². The molecule has 1 saturated heterocycles. The number of carbonyl (C=O) groups excluding carboxylic acids is 1. The third-order valence-electron chi connectivity index (χ3n) is 4.10. The number of carbonyl (C=O) groups is 1. The summed E-state index contributed by atoms with van der Waals surface area (Å²) in [7, 11) is 0. The standard InChI is InChI=1S/C18H17N5O2/c1-12-20-18(25-22-12)15-8-5-9-19-17(15)21-13-10-16(24)23(11-13)14-6-3-2-4-7-14/h2-9,13H,10-11H2,1H3,(H,19,21). The first-order valence-electron chi connectivity index (χ1n) is 8.08. The van der Waals surface area contributed by atoms with E-state index in [4.69, 9.17) is 4.52 Å². The van der Waals surface area contributed by atoms with E-state index in [0.717, 1.165) is 11.3 Å². The van der Waals surface area contributed by atoms with Crippen LogP contribution in [0, 0.1) is 6.92 Å². The number of hydrogen-bond acceptors (Lipinski definition) is 6. The Kier molecular flexibility index (Phi) is 3.89. The highest BCUT2D eigenvalue weighted by atomic mass is 16.5. The molecule has 1 fully saturated rings. The molecule has 0 saturated carbocycles. The number of nitrogens with one attached hydrogen (secondary N) is 1. The lowest BCUT2D eigenvalue weighted by atomic mass is 10.2. The molecule has 3 heterocycles. The zero-order valence-electron chi connectivity index (χ0n) is 13.7. The molecule has 1 aromatic carbocycles. The van der Waals surface area contributed by atoms with Gasteiger partial charge in [0, 0.05) is 24.8 Å². The average molecular weight is 335 g/mol. The van der Waals surface area contributed by atoms with Gasteiger partial charge in [0.15, 0.2) is 5.82 Å². The Labute approximate surface area is 144 Å². The lowest BCUT2D eigenvalue weighted by molar-refractivity contribution is -0.117. The van der Waals surface area contributed by atoms with Crippen LogP contribution < -0.4 is 10.2 Å². The van der Waals surface area contributed by atoms with E-state index in [1.807, 2.05) is 42.5 Å². The summed E-state index contributed by atoms with van der Waals surface area (Å²) in [6.07, 6.45) is 2.11. The van der Waals surface area contributed by atoms with Gasteiger partial charge in [-0.25, -0.2) is 4.98 Å². The number of rotatable bonds is 4. The highest BCUT2D eigenvalue weighted by Gasteiger charge is 2.31. The maximum absolute atomic E-state index is 12.4. The number of aromatic nitrogens is 3. The van der Waals surface area contributed by atoms with Crippen LogP contribution in [0.3, 0.4) is 0 Å². The first-order valence-corrected chi connectivity index (χ1v) is 8.08. The second kappa shape index (κ2) is 6.35. The molecule has 1 unspecified atom stereocenters. The van der Waals surface area contributed by atoms with Crippen LogP contribution in [0.5, 0.6) is 0 Å². The SMILES string of the molecule is Cc1noc(-c2cccnc2NC2CC(=O)N(c3ccccc3)C2)n1. The van der Waals surface area contributed by atoms with Crippen molar-refractivity contribution < 1.29 is 9.32 Å². The first-order chi connectivity index (χ1) is 12.2. The molecule has 25 heavy (non-hydrogen) atoms. The molecule has 7 heteroatoms. The fraction of sp³-hybridized carbons (Fsp3) is 0.222. The minimum Gasteiger partial charge on any atom is -0.364 e. The number of anilines is 2. The second-order valence-corrected chi connectivity index (χ2v) is 5.93. The second-order valence-electron chi connectivity index (χ2n) is 5.93. The van der Waals surface area contributed by atoms with Crippen LogP contribution in [0.25, 0.3) is 11.5 Å². The number of pyridine rings is 1. The van der Waals surface area contributed by atoms with Crippen molar-refractivity contribution >= 4 is 17.4 Å². The van der Waals surface area contributed by atoms with E-state index in [1.54, 1.807) is 18.0 Å². The fourth-order valence-corrected chi connectivity index (χ4v) is 2.95. The minimum atomic E-state index is -0.0367. The van der Waals surface area contributed by atoms with Gasteiger partial charge in [0.05, 0.1) is 11.6 Å². The van der Waals surface area contributed by atoms with Gasteiger partial charge < -0.3 is 14.7 Å². The van der Waals surface area contributed by atoms with Crippen molar-refractivity contribution in [2.45, 2.75) is 19.4 Å². The van der Waals surface area contributed by atoms with Crippen LogP contribution in [0.15, 0.2) is 53.2 Å². The van der Waals surface area contributed by atoms with Crippen molar-refractivity contribution in [2.75, 3.05) is 16.8 Å². The van der Waals surface area contributed by atoms with E-state index >= 15 is 0 Å². The number of hydrogen-bond donors (Lipinski definition) is 1. The molecule has 7 nitrogen and oxygen atoms in total. The third-order valence-corrected chi connectivity index (χ3v) is 4.10. The van der Waals surface area contributed by atoms with Crippen LogP contribution in [0.2, 0.25) is 0 Å². The van der Waals surface area contributed by atoms with Crippen LogP contribution in [-0.2, 0) is 4.79 Å². The Bertz CT molecular complexity index is 893. The Morgan fingerprint density at radius 1 is 1.20 bits per heavy atom. The molecule has 4 rings (SSSR count). The predicted octanol–water partition coefficient (Wildman–Crippen LogP) is 2.66.